The van der Waals surface area contributed by atoms with Crippen LogP contribution in [0.15, 0.2) is 67.3 Å². The molecule has 13 nitrogen and oxygen atoms in total. The Morgan fingerprint density at radius 2 is 1.77 bits per heavy atom. The van der Waals surface area contributed by atoms with E-state index in [9.17, 15) is 14.7 Å². The first-order valence-electron chi connectivity index (χ1n) is 12.3. The van der Waals surface area contributed by atoms with Gasteiger partial charge in [-0.2, -0.15) is 0 Å². The molecule has 2 fully saturated rings. The number of carbonyl (C=O) groups is 2. The number of ether oxygens (including phenoxy) is 4. The van der Waals surface area contributed by atoms with E-state index in [4.69, 9.17) is 18.9 Å². The van der Waals surface area contributed by atoms with Crippen LogP contribution in [0, 0.1) is 0 Å². The molecule has 4 unspecified atom stereocenters. The van der Waals surface area contributed by atoms with Gasteiger partial charge in [0.2, 0.25) is 6.29 Å². The molecule has 2 aromatic carbocycles. The second kappa shape index (κ2) is 10.3. The van der Waals surface area contributed by atoms with Crippen LogP contribution in [-0.2, 0) is 14.2 Å². The fourth-order valence-electron chi connectivity index (χ4n) is 4.61. The molecule has 2 aliphatic heterocycles. The van der Waals surface area contributed by atoms with Crippen molar-refractivity contribution < 1.29 is 33.6 Å². The number of carboxylic acid groups (broad SMARTS) is 1. The molecule has 3 N–H and O–H groups in total. The van der Waals surface area contributed by atoms with E-state index in [1.165, 1.54) is 18.7 Å². The zero-order chi connectivity index (χ0) is 26.9. The summed E-state index contributed by atoms with van der Waals surface area (Å²) >= 11 is 0. The van der Waals surface area contributed by atoms with E-state index in [0.717, 1.165) is 5.56 Å². The molecule has 5 atom stereocenters. The lowest BCUT2D eigenvalue weighted by Gasteiger charge is -2.22. The van der Waals surface area contributed by atoms with Crippen molar-refractivity contribution in [3.05, 3.63) is 78.4 Å². The van der Waals surface area contributed by atoms with Crippen molar-refractivity contribution in [3.63, 3.8) is 0 Å². The molecule has 2 aromatic heterocycles. The third-order valence-corrected chi connectivity index (χ3v) is 6.34. The molecule has 13 heteroatoms. The van der Waals surface area contributed by atoms with E-state index >= 15 is 0 Å². The van der Waals surface area contributed by atoms with Crippen molar-refractivity contribution in [2.45, 2.75) is 37.9 Å². The van der Waals surface area contributed by atoms with Gasteiger partial charge in [0.1, 0.15) is 23.7 Å². The number of para-hydroxylation sites is 1. The highest BCUT2D eigenvalue weighted by molar-refractivity contribution is 5.95. The summed E-state index contributed by atoms with van der Waals surface area (Å²) in [7, 11) is 0. The molecule has 0 bridgehead atoms. The van der Waals surface area contributed by atoms with Gasteiger partial charge in [0, 0.05) is 12.1 Å². The lowest BCUT2D eigenvalue weighted by Crippen LogP contribution is -2.32. The van der Waals surface area contributed by atoms with Crippen LogP contribution in [0.2, 0.25) is 0 Å². The van der Waals surface area contributed by atoms with Crippen molar-refractivity contribution in [1.29, 1.82) is 0 Å². The third kappa shape index (κ3) is 4.63. The fraction of sp³-hybridized carbons (Fsp3) is 0.269. The Morgan fingerprint density at radius 3 is 2.56 bits per heavy atom. The van der Waals surface area contributed by atoms with Crippen LogP contribution in [0.4, 0.5) is 10.6 Å². The number of fused-ring (bicyclic) bond motifs is 2. The van der Waals surface area contributed by atoms with Crippen LogP contribution in [0.5, 0.6) is 5.75 Å². The number of imidazole rings is 1. The first kappa shape index (κ1) is 24.7. The summed E-state index contributed by atoms with van der Waals surface area (Å²) in [5.74, 6) is -0.771. The smallest absolute Gasteiger partial charge is 0.339 e. The van der Waals surface area contributed by atoms with Gasteiger partial charge in [-0.3, -0.25) is 9.88 Å². The monoisotopic (exact) mass is 532 g/mol. The van der Waals surface area contributed by atoms with Gasteiger partial charge in [-0.05, 0) is 19.1 Å². The highest BCUT2D eigenvalue weighted by Gasteiger charge is 2.55. The van der Waals surface area contributed by atoms with Crippen LogP contribution in [0.25, 0.3) is 11.2 Å². The van der Waals surface area contributed by atoms with E-state index < -0.39 is 43.0 Å². The summed E-state index contributed by atoms with van der Waals surface area (Å²) in [6, 6.07) is 15.3. The van der Waals surface area contributed by atoms with Crippen LogP contribution >= 0.6 is 0 Å². The zero-order valence-electron chi connectivity index (χ0n) is 20.6. The van der Waals surface area contributed by atoms with E-state index in [0.29, 0.717) is 17.7 Å². The maximum atomic E-state index is 12.1. The molecule has 6 rings (SSSR count). The average molecular weight is 533 g/mol. The standard InChI is InChI=1S/C26H24N6O7/c1-2-27-26(35)31-20-17-21(29-12-28-20)32(13-30-17)22-18-19(38-24(37-18)14-8-4-3-5-9-14)25(39-22)36-16-11-7-6-10-15(16)23(33)34/h3-13,18-19,22,24-25H,2H2,1H3,(H,33,34)(H2,27,28,29,31,35)/t18?,19?,22?,24-,25?/m1/s1. The fourth-order valence-corrected chi connectivity index (χ4v) is 4.61. The largest absolute Gasteiger partial charge is 0.478 e. The van der Waals surface area contributed by atoms with Gasteiger partial charge < -0.3 is 29.4 Å². The van der Waals surface area contributed by atoms with Gasteiger partial charge in [0.25, 0.3) is 0 Å². The maximum Gasteiger partial charge on any atom is 0.339 e. The molecule has 39 heavy (non-hydrogen) atoms. The summed E-state index contributed by atoms with van der Waals surface area (Å²) in [4.78, 5) is 36.8. The second-order valence-corrected chi connectivity index (χ2v) is 8.79. The van der Waals surface area contributed by atoms with E-state index in [1.807, 2.05) is 30.3 Å². The summed E-state index contributed by atoms with van der Waals surface area (Å²) in [6.45, 7) is 2.25. The lowest BCUT2D eigenvalue weighted by molar-refractivity contribution is -0.190. The molecule has 0 spiro atoms. The Hall–Kier alpha value is -4.59. The van der Waals surface area contributed by atoms with Crippen LogP contribution in [0.1, 0.15) is 35.4 Å². The second-order valence-electron chi connectivity index (χ2n) is 8.79. The summed E-state index contributed by atoms with van der Waals surface area (Å²) < 4.78 is 26.5. The van der Waals surface area contributed by atoms with Crippen LogP contribution in [-0.4, -0.2) is 61.7 Å². The summed E-state index contributed by atoms with van der Waals surface area (Å²) in [6.07, 6.45) is -1.07. The molecule has 2 saturated heterocycles. The minimum absolute atomic E-state index is 0.0125. The number of benzene rings is 2. The predicted octanol–water partition coefficient (Wildman–Crippen LogP) is 3.08. The normalized spacial score (nSPS) is 23.9. The minimum atomic E-state index is -1.13. The van der Waals surface area contributed by atoms with Crippen molar-refractivity contribution in [1.82, 2.24) is 24.8 Å². The molecule has 0 saturated carbocycles. The van der Waals surface area contributed by atoms with Crippen molar-refractivity contribution >= 4 is 29.0 Å². The number of carboxylic acids is 1. The first-order chi connectivity index (χ1) is 19.0. The number of nitrogens with zero attached hydrogens (tertiary/aromatic N) is 4. The number of carbonyl (C=O) groups excluding carboxylic acids is 1. The van der Waals surface area contributed by atoms with Gasteiger partial charge in [-0.25, -0.2) is 24.5 Å². The highest BCUT2D eigenvalue weighted by Crippen LogP contribution is 2.45. The maximum absolute atomic E-state index is 12.1. The number of anilines is 1. The van der Waals surface area contributed by atoms with Gasteiger partial charge in [-0.15, -0.1) is 0 Å². The number of hydrogen-bond acceptors (Lipinski definition) is 9. The molecule has 0 radical (unpaired) electrons. The van der Waals surface area contributed by atoms with Crippen molar-refractivity contribution in [3.8, 4) is 5.75 Å². The molecule has 200 valence electrons. The lowest BCUT2D eigenvalue weighted by atomic mass is 10.2. The third-order valence-electron chi connectivity index (χ3n) is 6.34. The number of aromatic carboxylic acids is 1. The van der Waals surface area contributed by atoms with Crippen LogP contribution in [0.3, 0.4) is 0 Å². The number of hydrogen-bond donors (Lipinski definition) is 3. The average Bonchev–Trinajstić information content (AvgIpc) is 3.65. The number of rotatable bonds is 7. The summed E-state index contributed by atoms with van der Waals surface area (Å²) in [5, 5.41) is 14.9. The quantitative estimate of drug-likeness (QED) is 0.323. The molecule has 2 amide bonds. The Balaban J connectivity index is 1.35. The Labute approximate surface area is 221 Å². The molecule has 4 heterocycles. The predicted molar refractivity (Wildman–Crippen MR) is 135 cm³/mol. The minimum Gasteiger partial charge on any atom is -0.478 e. The van der Waals surface area contributed by atoms with E-state index in [1.54, 1.807) is 29.7 Å². The Kier molecular flexibility index (Phi) is 6.52. The Morgan fingerprint density at radius 1 is 1.00 bits per heavy atom. The van der Waals surface area contributed by atoms with E-state index in [2.05, 4.69) is 25.6 Å². The van der Waals surface area contributed by atoms with E-state index in [-0.39, 0.29) is 17.1 Å². The van der Waals surface area contributed by atoms with Gasteiger partial charge in [-0.1, -0.05) is 42.5 Å². The zero-order valence-corrected chi connectivity index (χ0v) is 20.6. The highest BCUT2D eigenvalue weighted by atomic mass is 16.8. The topological polar surface area (TPSA) is 159 Å². The van der Waals surface area contributed by atoms with Crippen molar-refractivity contribution in [2.24, 2.45) is 0 Å². The van der Waals surface area contributed by atoms with Crippen LogP contribution < -0.4 is 15.4 Å². The van der Waals surface area contributed by atoms with Gasteiger partial charge in [0.15, 0.2) is 35.6 Å². The molecule has 4 aromatic rings. The Bertz CT molecular complexity index is 1510. The molecule has 0 aliphatic carbocycles. The number of aromatic nitrogens is 4. The number of urea groups is 1. The first-order valence-corrected chi connectivity index (χ1v) is 12.3. The SMILES string of the molecule is CCNC(=O)Nc1ncnc2c1ncn2C1OC(Oc2ccccc2C(=O)O)C2O[C@H](c3ccccc3)OC21. The van der Waals surface area contributed by atoms with Gasteiger partial charge in [0.05, 0.1) is 6.33 Å². The van der Waals surface area contributed by atoms with Crippen molar-refractivity contribution in [2.75, 3.05) is 11.9 Å². The summed E-state index contributed by atoms with van der Waals surface area (Å²) in [5.41, 5.74) is 1.53. The molecular formula is C26H24N6O7. The number of nitrogens with one attached hydrogen (secondary N) is 2. The molecular weight excluding hydrogens is 508 g/mol. The van der Waals surface area contributed by atoms with Gasteiger partial charge >= 0.3 is 12.0 Å². The molecule has 2 aliphatic rings. The number of amides is 2.